The average Bonchev–Trinajstić information content (AvgIpc) is 2.55. The van der Waals surface area contributed by atoms with E-state index in [0.717, 1.165) is 11.5 Å². The summed E-state index contributed by atoms with van der Waals surface area (Å²) in [5.41, 5.74) is 0.490. The van der Waals surface area contributed by atoms with Gasteiger partial charge >= 0.3 is 6.09 Å². The fraction of sp³-hybridized carbons (Fsp3) is 0.545. The molecule has 0 atom stereocenters. The summed E-state index contributed by atoms with van der Waals surface area (Å²) in [4.78, 5) is 13.1. The van der Waals surface area contributed by atoms with Gasteiger partial charge in [0, 0.05) is 7.05 Å². The molecule has 0 saturated carbocycles. The van der Waals surface area contributed by atoms with E-state index in [4.69, 9.17) is 10.00 Å². The van der Waals surface area contributed by atoms with Gasteiger partial charge in [0.1, 0.15) is 22.2 Å². The van der Waals surface area contributed by atoms with Gasteiger partial charge in [0.15, 0.2) is 0 Å². The third-order valence-corrected chi connectivity index (χ3v) is 2.94. The number of rotatable bonds is 1. The second-order valence-electron chi connectivity index (χ2n) is 4.60. The second kappa shape index (κ2) is 4.72. The van der Waals surface area contributed by atoms with E-state index in [1.807, 2.05) is 6.07 Å². The molecule has 0 bridgehead atoms. The zero-order valence-corrected chi connectivity index (χ0v) is 11.4. The number of carbonyl (C=O) groups excluding carboxylic acids is 1. The van der Waals surface area contributed by atoms with Gasteiger partial charge in [0.2, 0.25) is 0 Å². The molecule has 5 nitrogen and oxygen atoms in total. The Bertz CT molecular complexity index is 468. The molecule has 92 valence electrons. The molecule has 1 heterocycles. The molecule has 1 aromatic heterocycles. The van der Waals surface area contributed by atoms with Gasteiger partial charge in [-0.2, -0.15) is 9.64 Å². The fourth-order valence-electron chi connectivity index (χ4n) is 1.13. The SMILES string of the molecule is Cc1nsc(N(C)C(=O)OC(C)(C)C)c1C#N. The normalized spacial score (nSPS) is 10.8. The van der Waals surface area contributed by atoms with Crippen LogP contribution in [-0.4, -0.2) is 23.1 Å². The Morgan fingerprint density at radius 2 is 2.12 bits per heavy atom. The summed E-state index contributed by atoms with van der Waals surface area (Å²) in [5, 5.41) is 9.50. The predicted octanol–water partition coefficient (Wildman–Crippen LogP) is 2.69. The Hall–Kier alpha value is -1.61. The van der Waals surface area contributed by atoms with Gasteiger partial charge in [-0.1, -0.05) is 0 Å². The van der Waals surface area contributed by atoms with Gasteiger partial charge in [0.25, 0.3) is 0 Å². The van der Waals surface area contributed by atoms with Crippen molar-refractivity contribution in [3.05, 3.63) is 11.3 Å². The molecule has 0 fully saturated rings. The van der Waals surface area contributed by atoms with Crippen molar-refractivity contribution in [2.45, 2.75) is 33.3 Å². The summed E-state index contributed by atoms with van der Waals surface area (Å²) in [6.45, 7) is 7.12. The van der Waals surface area contributed by atoms with Crippen molar-refractivity contribution >= 4 is 22.6 Å². The third kappa shape index (κ3) is 3.17. The van der Waals surface area contributed by atoms with Crippen molar-refractivity contribution in [1.82, 2.24) is 4.37 Å². The minimum Gasteiger partial charge on any atom is -0.443 e. The van der Waals surface area contributed by atoms with E-state index >= 15 is 0 Å². The van der Waals surface area contributed by atoms with Crippen LogP contribution < -0.4 is 4.90 Å². The van der Waals surface area contributed by atoms with Crippen LogP contribution in [0.15, 0.2) is 0 Å². The number of nitriles is 1. The van der Waals surface area contributed by atoms with Crippen LogP contribution in [-0.2, 0) is 4.74 Å². The van der Waals surface area contributed by atoms with Gasteiger partial charge < -0.3 is 4.74 Å². The van der Waals surface area contributed by atoms with Crippen molar-refractivity contribution in [1.29, 1.82) is 5.26 Å². The van der Waals surface area contributed by atoms with Crippen molar-refractivity contribution in [3.63, 3.8) is 0 Å². The first-order valence-electron chi connectivity index (χ1n) is 5.09. The summed E-state index contributed by atoms with van der Waals surface area (Å²) >= 11 is 1.12. The number of aromatic nitrogens is 1. The Labute approximate surface area is 105 Å². The summed E-state index contributed by atoms with van der Waals surface area (Å²) < 4.78 is 9.28. The van der Waals surface area contributed by atoms with Gasteiger partial charge in [0.05, 0.1) is 5.69 Å². The molecule has 1 amide bonds. The number of ether oxygens (including phenoxy) is 1. The topological polar surface area (TPSA) is 66.2 Å². The standard InChI is InChI=1S/C11H15N3O2S/c1-7-8(6-12)9(17-13-7)14(5)10(15)16-11(2,3)4/h1-5H3. The highest BCUT2D eigenvalue weighted by Crippen LogP contribution is 2.27. The predicted molar refractivity (Wildman–Crippen MR) is 66.2 cm³/mol. The number of amides is 1. The van der Waals surface area contributed by atoms with Crippen LogP contribution in [0.3, 0.4) is 0 Å². The van der Waals surface area contributed by atoms with Crippen molar-refractivity contribution in [2.75, 3.05) is 11.9 Å². The van der Waals surface area contributed by atoms with E-state index < -0.39 is 11.7 Å². The summed E-state index contributed by atoms with van der Waals surface area (Å²) in [6, 6.07) is 2.04. The number of anilines is 1. The lowest BCUT2D eigenvalue weighted by molar-refractivity contribution is 0.0590. The first kappa shape index (κ1) is 13.5. The lowest BCUT2D eigenvalue weighted by Crippen LogP contribution is -2.34. The first-order valence-corrected chi connectivity index (χ1v) is 5.86. The fourth-order valence-corrected chi connectivity index (χ4v) is 1.93. The molecule has 0 aromatic carbocycles. The lowest BCUT2D eigenvalue weighted by Gasteiger charge is -2.23. The highest BCUT2D eigenvalue weighted by atomic mass is 32.1. The molecule has 0 N–H and O–H groups in total. The Balaban J connectivity index is 2.94. The molecule has 1 rings (SSSR count). The van der Waals surface area contributed by atoms with E-state index in [9.17, 15) is 4.79 Å². The minimum atomic E-state index is -0.558. The van der Waals surface area contributed by atoms with E-state index in [0.29, 0.717) is 16.3 Å². The summed E-state index contributed by atoms with van der Waals surface area (Å²) in [6.07, 6.45) is -0.488. The summed E-state index contributed by atoms with van der Waals surface area (Å²) in [7, 11) is 1.57. The molecule has 0 saturated heterocycles. The van der Waals surface area contributed by atoms with Crippen LogP contribution in [0.5, 0.6) is 0 Å². The largest absolute Gasteiger partial charge is 0.443 e. The zero-order valence-electron chi connectivity index (χ0n) is 10.6. The van der Waals surface area contributed by atoms with E-state index in [-0.39, 0.29) is 0 Å². The summed E-state index contributed by atoms with van der Waals surface area (Å²) in [5.74, 6) is 0. The number of hydrogen-bond donors (Lipinski definition) is 0. The number of hydrogen-bond acceptors (Lipinski definition) is 5. The quantitative estimate of drug-likeness (QED) is 0.771. The third-order valence-electron chi connectivity index (χ3n) is 1.93. The molecular formula is C11H15N3O2S. The lowest BCUT2D eigenvalue weighted by atomic mass is 10.2. The number of carbonyl (C=O) groups is 1. The van der Waals surface area contributed by atoms with E-state index in [1.165, 1.54) is 4.90 Å². The van der Waals surface area contributed by atoms with Crippen LogP contribution in [0.2, 0.25) is 0 Å². The van der Waals surface area contributed by atoms with Gasteiger partial charge in [-0.3, -0.25) is 4.90 Å². The van der Waals surface area contributed by atoms with Crippen LogP contribution in [0.25, 0.3) is 0 Å². The molecule has 6 heteroatoms. The van der Waals surface area contributed by atoms with Crippen molar-refractivity contribution in [2.24, 2.45) is 0 Å². The maximum absolute atomic E-state index is 11.8. The molecule has 0 aliphatic rings. The zero-order chi connectivity index (χ0) is 13.2. The molecule has 0 aliphatic heterocycles. The Morgan fingerprint density at radius 3 is 2.59 bits per heavy atom. The molecular weight excluding hydrogens is 238 g/mol. The van der Waals surface area contributed by atoms with Gasteiger partial charge in [-0.05, 0) is 39.2 Å². The van der Waals surface area contributed by atoms with E-state index in [1.54, 1.807) is 34.7 Å². The molecule has 0 radical (unpaired) electrons. The van der Waals surface area contributed by atoms with Crippen LogP contribution in [0, 0.1) is 18.3 Å². The molecule has 0 unspecified atom stereocenters. The second-order valence-corrected chi connectivity index (χ2v) is 5.35. The number of aryl methyl sites for hydroxylation is 1. The van der Waals surface area contributed by atoms with Crippen LogP contribution >= 0.6 is 11.5 Å². The highest BCUT2D eigenvalue weighted by Gasteiger charge is 2.24. The average molecular weight is 253 g/mol. The number of nitrogens with zero attached hydrogens (tertiary/aromatic N) is 3. The van der Waals surface area contributed by atoms with Crippen molar-refractivity contribution in [3.8, 4) is 6.07 Å². The monoisotopic (exact) mass is 253 g/mol. The Kier molecular flexibility index (Phi) is 3.73. The Morgan fingerprint density at radius 1 is 1.53 bits per heavy atom. The maximum Gasteiger partial charge on any atom is 0.415 e. The maximum atomic E-state index is 11.8. The van der Waals surface area contributed by atoms with Gasteiger partial charge in [-0.15, -0.1) is 0 Å². The van der Waals surface area contributed by atoms with Crippen LogP contribution in [0.1, 0.15) is 32.0 Å². The smallest absolute Gasteiger partial charge is 0.415 e. The molecule has 0 spiro atoms. The minimum absolute atomic E-state index is 0.420. The molecule has 1 aromatic rings. The van der Waals surface area contributed by atoms with E-state index in [2.05, 4.69) is 4.37 Å². The van der Waals surface area contributed by atoms with Gasteiger partial charge in [-0.25, -0.2) is 4.79 Å². The molecule has 0 aliphatic carbocycles. The van der Waals surface area contributed by atoms with Crippen LogP contribution in [0.4, 0.5) is 9.80 Å². The first-order chi connectivity index (χ1) is 7.76. The highest BCUT2D eigenvalue weighted by molar-refractivity contribution is 7.10. The van der Waals surface area contributed by atoms with Crippen molar-refractivity contribution < 1.29 is 9.53 Å². The molecule has 17 heavy (non-hydrogen) atoms.